The van der Waals surface area contributed by atoms with Gasteiger partial charge in [-0.1, -0.05) is 24.3 Å². The van der Waals surface area contributed by atoms with E-state index in [0.717, 1.165) is 17.2 Å². The number of benzene rings is 2. The number of carbonyl (C=O) groups excluding carboxylic acids is 2. The molecule has 2 N–H and O–H groups in total. The van der Waals surface area contributed by atoms with E-state index in [0.29, 0.717) is 31.2 Å². The highest BCUT2D eigenvalue weighted by molar-refractivity contribution is 6.01. The van der Waals surface area contributed by atoms with Crippen LogP contribution in [0.1, 0.15) is 39.9 Å². The number of fused-ring (bicyclic) bond motifs is 1. The van der Waals surface area contributed by atoms with Crippen LogP contribution in [0.3, 0.4) is 0 Å². The molecule has 1 saturated heterocycles. The maximum Gasteiger partial charge on any atom is 0.418 e. The molecule has 29 heavy (non-hydrogen) atoms. The third kappa shape index (κ3) is 3.17. The molecule has 1 fully saturated rings. The quantitative estimate of drug-likeness (QED) is 0.592. The molecule has 8 heteroatoms. The van der Waals surface area contributed by atoms with E-state index < -0.39 is 23.1 Å². The van der Waals surface area contributed by atoms with Crippen LogP contribution in [-0.2, 0) is 23.8 Å². The number of nitrogens with one attached hydrogen (secondary N) is 1. The van der Waals surface area contributed by atoms with Crippen LogP contribution in [0.2, 0.25) is 0 Å². The van der Waals surface area contributed by atoms with Gasteiger partial charge >= 0.3 is 6.18 Å². The zero-order valence-electron chi connectivity index (χ0n) is 15.4. The first-order valence-electron chi connectivity index (χ1n) is 9.30. The first kappa shape index (κ1) is 19.4. The number of hydrogen-bond acceptors (Lipinski definition) is 3. The van der Waals surface area contributed by atoms with Gasteiger partial charge in [0.2, 0.25) is 5.91 Å². The first-order valence-corrected chi connectivity index (χ1v) is 9.30. The molecule has 1 aliphatic heterocycles. The summed E-state index contributed by atoms with van der Waals surface area (Å²) in [5.74, 6) is -0.923. The van der Waals surface area contributed by atoms with Crippen LogP contribution in [-0.4, -0.2) is 23.6 Å². The molecule has 1 unspecified atom stereocenters. The van der Waals surface area contributed by atoms with Gasteiger partial charge in [-0.3, -0.25) is 14.8 Å². The van der Waals surface area contributed by atoms with Gasteiger partial charge in [-0.2, -0.15) is 13.2 Å². The molecule has 0 aromatic heterocycles. The molecular weight excluding hydrogens is 385 g/mol. The number of alkyl halides is 3. The van der Waals surface area contributed by atoms with Gasteiger partial charge in [0.05, 0.1) is 16.7 Å². The summed E-state index contributed by atoms with van der Waals surface area (Å²) in [4.78, 5) is 26.4. The predicted octanol–water partition coefficient (Wildman–Crippen LogP) is 3.74. The van der Waals surface area contributed by atoms with Crippen molar-refractivity contribution in [2.24, 2.45) is 5.41 Å². The van der Waals surface area contributed by atoms with Gasteiger partial charge in [0, 0.05) is 12.1 Å². The summed E-state index contributed by atoms with van der Waals surface area (Å²) < 4.78 is 40.3. The number of halogens is 3. The summed E-state index contributed by atoms with van der Waals surface area (Å²) >= 11 is 0. The van der Waals surface area contributed by atoms with E-state index in [2.05, 4.69) is 0 Å². The van der Waals surface area contributed by atoms with Gasteiger partial charge in [0.25, 0.3) is 5.91 Å². The summed E-state index contributed by atoms with van der Waals surface area (Å²) in [5.41, 5.74) is 1.86. The predicted molar refractivity (Wildman–Crippen MR) is 98.6 cm³/mol. The SMILES string of the molecule is O=C(NO)c1cccc2c1CCC1(CCN(c3ccccc3C(F)(F)F)C1=O)C2. The number of hydroxylamine groups is 1. The second-order valence-electron chi connectivity index (χ2n) is 7.56. The Morgan fingerprint density at radius 3 is 2.59 bits per heavy atom. The molecule has 4 rings (SSSR count). The lowest BCUT2D eigenvalue weighted by atomic mass is 9.69. The highest BCUT2D eigenvalue weighted by Crippen LogP contribution is 2.47. The maximum atomic E-state index is 13.4. The van der Waals surface area contributed by atoms with Crippen LogP contribution in [0, 0.1) is 5.41 Å². The van der Waals surface area contributed by atoms with E-state index in [1.54, 1.807) is 17.6 Å². The van der Waals surface area contributed by atoms with Crippen LogP contribution in [0.4, 0.5) is 18.9 Å². The van der Waals surface area contributed by atoms with Crippen molar-refractivity contribution in [3.63, 3.8) is 0 Å². The van der Waals surface area contributed by atoms with E-state index in [4.69, 9.17) is 5.21 Å². The van der Waals surface area contributed by atoms with Crippen molar-refractivity contribution in [1.29, 1.82) is 0 Å². The lowest BCUT2D eigenvalue weighted by molar-refractivity contribution is -0.137. The number of nitrogens with zero attached hydrogens (tertiary/aromatic N) is 1. The van der Waals surface area contributed by atoms with Gasteiger partial charge in [0.15, 0.2) is 0 Å². The minimum Gasteiger partial charge on any atom is -0.311 e. The average molecular weight is 404 g/mol. The Hall–Kier alpha value is -2.87. The van der Waals surface area contributed by atoms with Crippen molar-refractivity contribution in [3.8, 4) is 0 Å². The summed E-state index contributed by atoms with van der Waals surface area (Å²) in [6.07, 6.45) is -2.84. The molecule has 2 amide bonds. The molecule has 152 valence electrons. The molecule has 1 aliphatic carbocycles. The van der Waals surface area contributed by atoms with Crippen molar-refractivity contribution in [2.75, 3.05) is 11.4 Å². The highest BCUT2D eigenvalue weighted by Gasteiger charge is 2.50. The summed E-state index contributed by atoms with van der Waals surface area (Å²) in [5, 5.41) is 8.94. The first-order chi connectivity index (χ1) is 13.8. The Morgan fingerprint density at radius 1 is 1.10 bits per heavy atom. The van der Waals surface area contributed by atoms with Gasteiger partial charge in [0.1, 0.15) is 0 Å². The average Bonchev–Trinajstić information content (AvgIpc) is 3.01. The number of hydrogen-bond donors (Lipinski definition) is 2. The topological polar surface area (TPSA) is 69.6 Å². The lowest BCUT2D eigenvalue weighted by Crippen LogP contribution is -2.39. The molecule has 2 aromatic carbocycles. The molecule has 2 aliphatic rings. The Kier molecular flexibility index (Phi) is 4.61. The Bertz CT molecular complexity index is 989. The van der Waals surface area contributed by atoms with Crippen LogP contribution in [0.5, 0.6) is 0 Å². The van der Waals surface area contributed by atoms with Crippen molar-refractivity contribution >= 4 is 17.5 Å². The van der Waals surface area contributed by atoms with E-state index in [1.165, 1.54) is 23.1 Å². The van der Waals surface area contributed by atoms with E-state index >= 15 is 0 Å². The van der Waals surface area contributed by atoms with Gasteiger partial charge < -0.3 is 4.90 Å². The zero-order valence-corrected chi connectivity index (χ0v) is 15.4. The van der Waals surface area contributed by atoms with Crippen molar-refractivity contribution in [3.05, 3.63) is 64.7 Å². The summed E-state index contributed by atoms with van der Waals surface area (Å²) in [6, 6.07) is 10.2. The summed E-state index contributed by atoms with van der Waals surface area (Å²) in [6.45, 7) is 0.220. The molecular formula is C21H19F3N2O3. The Balaban J connectivity index is 1.67. The van der Waals surface area contributed by atoms with Crippen molar-refractivity contribution < 1.29 is 28.0 Å². The molecule has 1 heterocycles. The fourth-order valence-electron chi connectivity index (χ4n) is 4.58. The number of rotatable bonds is 2. The van der Waals surface area contributed by atoms with Gasteiger partial charge in [-0.15, -0.1) is 0 Å². The maximum absolute atomic E-state index is 13.4. The Labute approximate surface area is 165 Å². The number of anilines is 1. The van der Waals surface area contributed by atoms with Crippen LogP contribution in [0.15, 0.2) is 42.5 Å². The molecule has 0 radical (unpaired) electrons. The molecule has 0 bridgehead atoms. The Morgan fingerprint density at radius 2 is 1.86 bits per heavy atom. The van der Waals surface area contributed by atoms with Gasteiger partial charge in [-0.05, 0) is 55.0 Å². The molecule has 1 spiro atoms. The van der Waals surface area contributed by atoms with Crippen LogP contribution < -0.4 is 10.4 Å². The normalized spacial score (nSPS) is 21.4. The van der Waals surface area contributed by atoms with Crippen molar-refractivity contribution in [1.82, 2.24) is 5.48 Å². The number of para-hydroxylation sites is 1. The van der Waals surface area contributed by atoms with Gasteiger partial charge in [-0.25, -0.2) is 5.48 Å². The highest BCUT2D eigenvalue weighted by atomic mass is 19.4. The second-order valence-corrected chi connectivity index (χ2v) is 7.56. The third-order valence-electron chi connectivity index (χ3n) is 6.01. The molecule has 5 nitrogen and oxygen atoms in total. The summed E-state index contributed by atoms with van der Waals surface area (Å²) in [7, 11) is 0. The minimum absolute atomic E-state index is 0.110. The third-order valence-corrected chi connectivity index (χ3v) is 6.01. The zero-order chi connectivity index (χ0) is 20.8. The smallest absolute Gasteiger partial charge is 0.311 e. The molecule has 1 atom stereocenters. The second kappa shape index (κ2) is 6.88. The standard InChI is InChI=1S/C21H19F3N2O3/c22-21(23,24)16-6-1-2-7-17(16)26-11-10-20(19(26)28)9-8-14-13(12-20)4-3-5-15(14)18(27)25-29/h1-7,29H,8-12H2,(H,25,27). The lowest BCUT2D eigenvalue weighted by Gasteiger charge is -2.34. The molecule has 2 aromatic rings. The fourth-order valence-corrected chi connectivity index (χ4v) is 4.58. The number of amides is 2. The number of carbonyl (C=O) groups is 2. The largest absolute Gasteiger partial charge is 0.418 e. The fraction of sp³-hybridized carbons (Fsp3) is 0.333. The van der Waals surface area contributed by atoms with Crippen LogP contribution >= 0.6 is 0 Å². The van der Waals surface area contributed by atoms with E-state index in [1.807, 2.05) is 6.07 Å². The minimum atomic E-state index is -4.54. The van der Waals surface area contributed by atoms with Crippen molar-refractivity contribution in [2.45, 2.75) is 31.9 Å². The van der Waals surface area contributed by atoms with Crippen LogP contribution in [0.25, 0.3) is 0 Å². The monoisotopic (exact) mass is 404 g/mol. The van der Waals surface area contributed by atoms with E-state index in [-0.39, 0.29) is 18.1 Å². The molecule has 0 saturated carbocycles. The van der Waals surface area contributed by atoms with E-state index in [9.17, 15) is 22.8 Å².